The third-order valence-corrected chi connectivity index (χ3v) is 12.6. The number of phenols is 2. The predicted molar refractivity (Wildman–Crippen MR) is 222 cm³/mol. The molecule has 4 heteroatoms. The van der Waals surface area contributed by atoms with Crippen LogP contribution < -0.4 is 0 Å². The summed E-state index contributed by atoms with van der Waals surface area (Å²) < 4.78 is 0. The summed E-state index contributed by atoms with van der Waals surface area (Å²) in [6.45, 7) is 8.65. The lowest BCUT2D eigenvalue weighted by Crippen LogP contribution is -2.27. The maximum Gasteiger partial charge on any atom is 0.128 e. The number of aliphatic imine (C=N–C) groups is 2. The Labute approximate surface area is 318 Å². The van der Waals surface area contributed by atoms with Gasteiger partial charge in [-0.15, -0.1) is 0 Å². The van der Waals surface area contributed by atoms with Gasteiger partial charge in [-0.05, 0) is 108 Å². The lowest BCUT2D eigenvalue weighted by atomic mass is 9.73. The number of rotatable bonds is 6. The van der Waals surface area contributed by atoms with Crippen LogP contribution in [0.3, 0.4) is 0 Å². The average molecular weight is 707 g/mol. The maximum atomic E-state index is 12.0. The first-order chi connectivity index (χ1) is 26.2. The van der Waals surface area contributed by atoms with Crippen molar-refractivity contribution in [3.05, 3.63) is 177 Å². The Morgan fingerprint density at radius 1 is 0.481 bits per heavy atom. The number of nitrogens with zero attached hydrogens (tertiary/aromatic N) is 2. The molecule has 6 aromatic carbocycles. The highest BCUT2D eigenvalue weighted by molar-refractivity contribution is 5.90. The van der Waals surface area contributed by atoms with Crippen LogP contribution in [0.4, 0.5) is 0 Å². The summed E-state index contributed by atoms with van der Waals surface area (Å²) in [5.74, 6) is 0.546. The van der Waals surface area contributed by atoms with E-state index in [0.29, 0.717) is 0 Å². The van der Waals surface area contributed by atoms with Crippen molar-refractivity contribution >= 4 is 12.4 Å². The summed E-state index contributed by atoms with van der Waals surface area (Å²) in [6.07, 6.45) is 7.76. The van der Waals surface area contributed by atoms with Gasteiger partial charge in [-0.1, -0.05) is 122 Å². The molecule has 0 amide bonds. The molecule has 268 valence electrons. The number of aromatic hydroxyl groups is 2. The van der Waals surface area contributed by atoms with Crippen LogP contribution in [-0.4, -0.2) is 34.7 Å². The highest BCUT2D eigenvalue weighted by Crippen LogP contribution is 2.56. The normalized spacial score (nSPS) is 19.1. The minimum absolute atomic E-state index is 0.0283. The number of aryl methyl sites for hydroxylation is 2. The summed E-state index contributed by atoms with van der Waals surface area (Å²) in [7, 11) is 0. The third kappa shape index (κ3) is 5.18. The van der Waals surface area contributed by atoms with Crippen molar-refractivity contribution in [3.8, 4) is 33.8 Å². The Morgan fingerprint density at radius 2 is 0.796 bits per heavy atom. The Kier molecular flexibility index (Phi) is 8.19. The van der Waals surface area contributed by atoms with Gasteiger partial charge in [0.25, 0.3) is 0 Å². The highest BCUT2D eigenvalue weighted by Gasteiger charge is 2.44. The second kappa shape index (κ2) is 13.0. The Bertz CT molecular complexity index is 2240. The second-order valence-corrected chi connectivity index (χ2v) is 15.9. The fraction of sp³-hybridized carbons (Fsp3) is 0.240. The van der Waals surface area contributed by atoms with Gasteiger partial charge in [0.15, 0.2) is 0 Å². The molecule has 2 atom stereocenters. The van der Waals surface area contributed by atoms with Crippen molar-refractivity contribution in [2.75, 3.05) is 0 Å². The van der Waals surface area contributed by atoms with Crippen LogP contribution >= 0.6 is 0 Å². The van der Waals surface area contributed by atoms with E-state index in [0.717, 1.165) is 59.1 Å². The Morgan fingerprint density at radius 3 is 1.13 bits per heavy atom. The van der Waals surface area contributed by atoms with Crippen molar-refractivity contribution in [2.24, 2.45) is 9.98 Å². The molecule has 0 radical (unpaired) electrons. The largest absolute Gasteiger partial charge is 0.507 e. The molecule has 1 saturated carbocycles. The van der Waals surface area contributed by atoms with Gasteiger partial charge in [0, 0.05) is 45.5 Å². The minimum Gasteiger partial charge on any atom is -0.507 e. The van der Waals surface area contributed by atoms with E-state index in [9.17, 15) is 10.2 Å². The van der Waals surface area contributed by atoms with Crippen LogP contribution in [0.2, 0.25) is 0 Å². The molecule has 9 rings (SSSR count). The molecule has 6 aromatic rings. The van der Waals surface area contributed by atoms with Gasteiger partial charge in [-0.25, -0.2) is 0 Å². The van der Waals surface area contributed by atoms with E-state index in [1.54, 1.807) is 0 Å². The smallest absolute Gasteiger partial charge is 0.128 e. The van der Waals surface area contributed by atoms with Crippen LogP contribution in [-0.2, 0) is 10.8 Å². The Hall–Kier alpha value is -5.74. The SMILES string of the molecule is Cc1cc(C=N[C@@H]2CCCC[C@H]2N=Cc2cc(C)cc(C3(C)c4ccccc4-c4ccccc43)c2O)c(O)c(C2(C)c3ccccc3-c3ccccc32)c1. The molecule has 2 N–H and O–H groups in total. The minimum atomic E-state index is -0.502. The molecule has 0 spiro atoms. The fourth-order valence-corrected chi connectivity index (χ4v) is 9.85. The molecule has 0 bridgehead atoms. The zero-order valence-corrected chi connectivity index (χ0v) is 31.5. The summed E-state index contributed by atoms with van der Waals surface area (Å²) in [5, 5.41) is 24.0. The van der Waals surface area contributed by atoms with E-state index >= 15 is 0 Å². The first kappa shape index (κ1) is 34.1. The van der Waals surface area contributed by atoms with Gasteiger partial charge in [0.05, 0.1) is 12.1 Å². The first-order valence-corrected chi connectivity index (χ1v) is 19.3. The van der Waals surface area contributed by atoms with E-state index in [1.807, 2.05) is 24.6 Å². The molecule has 0 heterocycles. The van der Waals surface area contributed by atoms with Gasteiger partial charge < -0.3 is 10.2 Å². The summed E-state index contributed by atoms with van der Waals surface area (Å²) in [5.41, 5.74) is 14.1. The molecule has 0 aliphatic heterocycles. The highest BCUT2D eigenvalue weighted by atomic mass is 16.3. The van der Waals surface area contributed by atoms with Gasteiger partial charge in [-0.3, -0.25) is 9.98 Å². The third-order valence-electron chi connectivity index (χ3n) is 12.6. The van der Waals surface area contributed by atoms with Crippen LogP contribution in [0.15, 0.2) is 131 Å². The lowest BCUT2D eigenvalue weighted by molar-refractivity contribution is 0.390. The van der Waals surface area contributed by atoms with Crippen LogP contribution in [0.5, 0.6) is 11.5 Å². The van der Waals surface area contributed by atoms with Gasteiger partial charge in [0.1, 0.15) is 11.5 Å². The number of hydrogen-bond acceptors (Lipinski definition) is 4. The van der Waals surface area contributed by atoms with E-state index < -0.39 is 10.8 Å². The van der Waals surface area contributed by atoms with E-state index in [4.69, 9.17) is 9.98 Å². The molecule has 0 saturated heterocycles. The molecule has 3 aliphatic rings. The molecular formula is C50H46N2O2. The lowest BCUT2D eigenvalue weighted by Gasteiger charge is -2.30. The molecule has 0 unspecified atom stereocenters. The van der Waals surface area contributed by atoms with Crippen LogP contribution in [0.25, 0.3) is 22.3 Å². The standard InChI is InChI=1S/C50H46N2O2/c1-31-25-33(47(53)43(27-31)49(3)39-19-9-5-15-35(39)36-16-6-10-20-40(36)49)29-51-45-23-13-14-24-46(45)52-30-34-26-32(2)28-44(48(34)54)50(4)41-21-11-7-17-37(41)38-18-8-12-22-42(38)50/h5-12,15-22,25-30,45-46,53-54H,13-14,23-24H2,1-4H3/t45-,46-/m1/s1. The first-order valence-electron chi connectivity index (χ1n) is 19.3. The number of fused-ring (bicyclic) bond motifs is 6. The van der Waals surface area contributed by atoms with E-state index in [-0.39, 0.29) is 23.6 Å². The second-order valence-electron chi connectivity index (χ2n) is 15.9. The number of phenolic OH excluding ortho intramolecular Hbond substituents is 2. The van der Waals surface area contributed by atoms with Crippen molar-refractivity contribution in [3.63, 3.8) is 0 Å². The molecule has 3 aliphatic carbocycles. The zero-order chi connectivity index (χ0) is 37.2. The predicted octanol–water partition coefficient (Wildman–Crippen LogP) is 11.2. The average Bonchev–Trinajstić information content (AvgIpc) is 3.62. The van der Waals surface area contributed by atoms with E-state index in [1.165, 1.54) is 44.5 Å². The van der Waals surface area contributed by atoms with E-state index in [2.05, 4.69) is 137 Å². The van der Waals surface area contributed by atoms with Crippen molar-refractivity contribution in [1.82, 2.24) is 0 Å². The molecule has 4 nitrogen and oxygen atoms in total. The quantitative estimate of drug-likeness (QED) is 0.169. The molecular weight excluding hydrogens is 661 g/mol. The summed E-state index contributed by atoms with van der Waals surface area (Å²) in [6, 6.07) is 42.5. The fourth-order valence-electron chi connectivity index (χ4n) is 9.85. The van der Waals surface area contributed by atoms with Crippen molar-refractivity contribution < 1.29 is 10.2 Å². The monoisotopic (exact) mass is 706 g/mol. The molecule has 54 heavy (non-hydrogen) atoms. The van der Waals surface area contributed by atoms with Crippen LogP contribution in [0, 0.1) is 13.8 Å². The number of benzene rings is 6. The van der Waals surface area contributed by atoms with Crippen molar-refractivity contribution in [1.29, 1.82) is 0 Å². The van der Waals surface area contributed by atoms with Gasteiger partial charge in [0.2, 0.25) is 0 Å². The summed E-state index contributed by atoms with van der Waals surface area (Å²) in [4.78, 5) is 10.3. The maximum absolute atomic E-state index is 12.0. The Balaban J connectivity index is 1.04. The van der Waals surface area contributed by atoms with Gasteiger partial charge in [-0.2, -0.15) is 0 Å². The molecule has 0 aromatic heterocycles. The topological polar surface area (TPSA) is 65.2 Å². The van der Waals surface area contributed by atoms with Crippen molar-refractivity contribution in [2.45, 2.75) is 76.3 Å². The molecule has 1 fully saturated rings. The summed E-state index contributed by atoms with van der Waals surface area (Å²) >= 11 is 0. The zero-order valence-electron chi connectivity index (χ0n) is 31.5. The number of hydrogen-bond donors (Lipinski definition) is 2. The van der Waals surface area contributed by atoms with Crippen LogP contribution in [0.1, 0.15) is 95.2 Å². The van der Waals surface area contributed by atoms with Gasteiger partial charge >= 0.3 is 0 Å².